The molecule has 2 aromatic carbocycles. The molecule has 0 fully saturated rings. The topological polar surface area (TPSA) is 58.2 Å². The van der Waals surface area contributed by atoms with Gasteiger partial charge in [-0.25, -0.2) is 12.8 Å². The molecule has 0 aliphatic heterocycles. The fourth-order valence-corrected chi connectivity index (χ4v) is 2.52. The van der Waals surface area contributed by atoms with Gasteiger partial charge in [0.25, 0.3) is 0 Å². The minimum absolute atomic E-state index is 0.272. The first kappa shape index (κ1) is 17.3. The number of hydrogen-bond donors (Lipinski definition) is 2. The van der Waals surface area contributed by atoms with Crippen LogP contribution in [0.5, 0.6) is 0 Å². The Morgan fingerprint density at radius 2 is 1.43 bits per heavy atom. The summed E-state index contributed by atoms with van der Waals surface area (Å²) >= 11 is 0. The van der Waals surface area contributed by atoms with E-state index < -0.39 is 14.8 Å². The summed E-state index contributed by atoms with van der Waals surface area (Å²) in [4.78, 5) is 0. The van der Waals surface area contributed by atoms with Crippen LogP contribution in [0.25, 0.3) is 0 Å². The van der Waals surface area contributed by atoms with E-state index in [-0.39, 0.29) is 5.82 Å². The summed E-state index contributed by atoms with van der Waals surface area (Å²) in [5.74, 6) is -0.272. The molecule has 2 rings (SSSR count). The quantitative estimate of drug-likeness (QED) is 0.868. The van der Waals surface area contributed by atoms with Crippen molar-refractivity contribution in [2.45, 2.75) is 32.1 Å². The Bertz CT molecular complexity index is 749. The Balaban J connectivity index is 1.98. The van der Waals surface area contributed by atoms with E-state index in [9.17, 15) is 12.8 Å². The predicted molar refractivity (Wildman–Crippen MR) is 92.5 cm³/mol. The SMILES string of the molecule is CC(C)(C)S(=O)(=O)Nc1ccc(CNc2ccc(F)cc2)cc1. The molecule has 0 amide bonds. The van der Waals surface area contributed by atoms with Crippen molar-refractivity contribution in [2.75, 3.05) is 10.0 Å². The molecule has 0 aromatic heterocycles. The molecule has 0 aliphatic carbocycles. The second kappa shape index (κ2) is 6.58. The number of hydrogen-bond acceptors (Lipinski definition) is 3. The van der Waals surface area contributed by atoms with Gasteiger partial charge >= 0.3 is 0 Å². The molecule has 2 N–H and O–H groups in total. The normalized spacial score (nSPS) is 12.0. The first-order valence-corrected chi connectivity index (χ1v) is 8.76. The van der Waals surface area contributed by atoms with Gasteiger partial charge in [-0.15, -0.1) is 0 Å². The molecule has 0 radical (unpaired) electrons. The van der Waals surface area contributed by atoms with Crippen LogP contribution in [-0.2, 0) is 16.6 Å². The third kappa shape index (κ3) is 4.69. The summed E-state index contributed by atoms with van der Waals surface area (Å²) in [6.45, 7) is 5.51. The second-order valence-corrected chi connectivity index (χ2v) is 8.71. The van der Waals surface area contributed by atoms with Gasteiger partial charge in [-0.3, -0.25) is 4.72 Å². The number of halogens is 1. The highest BCUT2D eigenvalue weighted by atomic mass is 32.2. The zero-order chi connectivity index (χ0) is 17.1. The van der Waals surface area contributed by atoms with Crippen LogP contribution in [0, 0.1) is 5.82 Å². The third-order valence-electron chi connectivity index (χ3n) is 3.35. The second-order valence-electron chi connectivity index (χ2n) is 6.28. The molecule has 0 saturated heterocycles. The van der Waals surface area contributed by atoms with Crippen LogP contribution in [0.1, 0.15) is 26.3 Å². The Labute approximate surface area is 136 Å². The van der Waals surface area contributed by atoms with E-state index in [4.69, 9.17) is 0 Å². The van der Waals surface area contributed by atoms with Crippen LogP contribution >= 0.6 is 0 Å². The van der Waals surface area contributed by atoms with E-state index >= 15 is 0 Å². The average molecular weight is 336 g/mol. The Hall–Kier alpha value is -2.08. The summed E-state index contributed by atoms with van der Waals surface area (Å²) in [7, 11) is -3.42. The third-order valence-corrected chi connectivity index (χ3v) is 5.47. The number of nitrogens with one attached hydrogen (secondary N) is 2. The van der Waals surface area contributed by atoms with Crippen LogP contribution in [0.15, 0.2) is 48.5 Å². The maximum absolute atomic E-state index is 12.8. The highest BCUT2D eigenvalue weighted by molar-refractivity contribution is 7.94. The number of benzene rings is 2. The average Bonchev–Trinajstić information content (AvgIpc) is 2.47. The van der Waals surface area contributed by atoms with Gasteiger partial charge < -0.3 is 5.32 Å². The lowest BCUT2D eigenvalue weighted by atomic mass is 10.2. The van der Waals surface area contributed by atoms with Crippen LogP contribution in [-0.4, -0.2) is 13.2 Å². The Morgan fingerprint density at radius 1 is 0.913 bits per heavy atom. The number of sulfonamides is 1. The van der Waals surface area contributed by atoms with E-state index in [1.807, 2.05) is 12.1 Å². The van der Waals surface area contributed by atoms with Crippen molar-refractivity contribution in [1.29, 1.82) is 0 Å². The molecule has 0 unspecified atom stereocenters. The minimum Gasteiger partial charge on any atom is -0.381 e. The van der Waals surface area contributed by atoms with Crippen molar-refractivity contribution < 1.29 is 12.8 Å². The van der Waals surface area contributed by atoms with Crippen molar-refractivity contribution in [3.05, 3.63) is 59.9 Å². The molecule has 0 spiro atoms. The molecule has 0 atom stereocenters. The van der Waals surface area contributed by atoms with Gasteiger partial charge in [0, 0.05) is 17.9 Å². The first-order valence-electron chi connectivity index (χ1n) is 7.28. The fourth-order valence-electron chi connectivity index (χ4n) is 1.77. The van der Waals surface area contributed by atoms with Crippen LogP contribution in [0.2, 0.25) is 0 Å². The molecule has 4 nitrogen and oxygen atoms in total. The molecule has 2 aromatic rings. The lowest BCUT2D eigenvalue weighted by Gasteiger charge is -2.20. The van der Waals surface area contributed by atoms with Gasteiger partial charge in [0.1, 0.15) is 5.82 Å². The van der Waals surface area contributed by atoms with Gasteiger partial charge in [-0.1, -0.05) is 12.1 Å². The summed E-state index contributed by atoms with van der Waals surface area (Å²) in [6.07, 6.45) is 0. The molecule has 23 heavy (non-hydrogen) atoms. The zero-order valence-corrected chi connectivity index (χ0v) is 14.2. The fraction of sp³-hybridized carbons (Fsp3) is 0.294. The molecule has 0 bridgehead atoms. The predicted octanol–water partition coefficient (Wildman–Crippen LogP) is 3.98. The van der Waals surface area contributed by atoms with Gasteiger partial charge in [0.15, 0.2) is 0 Å². The standard InChI is InChI=1S/C17H21FN2O2S/c1-17(2,3)23(21,22)20-16-8-4-13(5-9-16)12-19-15-10-6-14(18)7-11-15/h4-11,19-20H,12H2,1-3H3. The molecule has 0 heterocycles. The van der Waals surface area contributed by atoms with Crippen molar-refractivity contribution in [3.8, 4) is 0 Å². The minimum atomic E-state index is -3.42. The lowest BCUT2D eigenvalue weighted by Crippen LogP contribution is -2.33. The van der Waals surface area contributed by atoms with E-state index in [0.29, 0.717) is 12.2 Å². The van der Waals surface area contributed by atoms with Crippen molar-refractivity contribution in [2.24, 2.45) is 0 Å². The van der Waals surface area contributed by atoms with Crippen LogP contribution in [0.3, 0.4) is 0 Å². The summed E-state index contributed by atoms with van der Waals surface area (Å²) < 4.78 is 38.7. The van der Waals surface area contributed by atoms with Crippen molar-refractivity contribution in [1.82, 2.24) is 0 Å². The van der Waals surface area contributed by atoms with E-state index in [0.717, 1.165) is 11.3 Å². The van der Waals surface area contributed by atoms with E-state index in [2.05, 4.69) is 10.0 Å². The van der Waals surface area contributed by atoms with Crippen LogP contribution < -0.4 is 10.0 Å². The summed E-state index contributed by atoms with van der Waals surface area (Å²) in [6, 6.07) is 13.3. The van der Waals surface area contributed by atoms with Crippen molar-refractivity contribution >= 4 is 21.4 Å². The van der Waals surface area contributed by atoms with Gasteiger partial charge in [0.05, 0.1) is 4.75 Å². The van der Waals surface area contributed by atoms with E-state index in [1.165, 1.54) is 12.1 Å². The van der Waals surface area contributed by atoms with Gasteiger partial charge in [-0.05, 0) is 62.7 Å². The highest BCUT2D eigenvalue weighted by Crippen LogP contribution is 2.20. The number of anilines is 2. The largest absolute Gasteiger partial charge is 0.381 e. The molecule has 0 saturated carbocycles. The molecular formula is C17H21FN2O2S. The zero-order valence-electron chi connectivity index (χ0n) is 13.4. The number of rotatable bonds is 5. The maximum atomic E-state index is 12.8. The molecule has 6 heteroatoms. The summed E-state index contributed by atoms with van der Waals surface area (Å²) in [5.41, 5.74) is 2.35. The highest BCUT2D eigenvalue weighted by Gasteiger charge is 2.28. The monoisotopic (exact) mass is 336 g/mol. The van der Waals surface area contributed by atoms with E-state index in [1.54, 1.807) is 45.0 Å². The Morgan fingerprint density at radius 3 is 1.96 bits per heavy atom. The molecular weight excluding hydrogens is 315 g/mol. The van der Waals surface area contributed by atoms with Crippen LogP contribution in [0.4, 0.5) is 15.8 Å². The molecule has 124 valence electrons. The van der Waals surface area contributed by atoms with Crippen molar-refractivity contribution in [3.63, 3.8) is 0 Å². The lowest BCUT2D eigenvalue weighted by molar-refractivity contribution is 0.566. The van der Waals surface area contributed by atoms with Gasteiger partial charge in [0.2, 0.25) is 10.0 Å². The Kier molecular flexibility index (Phi) is 4.94. The van der Waals surface area contributed by atoms with Gasteiger partial charge in [-0.2, -0.15) is 0 Å². The maximum Gasteiger partial charge on any atom is 0.237 e. The smallest absolute Gasteiger partial charge is 0.237 e. The summed E-state index contributed by atoms with van der Waals surface area (Å²) in [5, 5.41) is 3.17. The first-order chi connectivity index (χ1) is 10.7. The molecule has 0 aliphatic rings.